The minimum atomic E-state index is -0.546. The Kier molecular flexibility index (Phi) is 1.98. The predicted octanol–water partition coefficient (Wildman–Crippen LogP) is 2.11. The molecule has 0 unspecified atom stereocenters. The number of nitrogens with zero attached hydrogens (tertiary/aromatic N) is 2. The number of hydrogen-bond acceptors (Lipinski definition) is 1. The summed E-state index contributed by atoms with van der Waals surface area (Å²) in [5.74, 6) is 0. The Morgan fingerprint density at radius 2 is 2.18 bits per heavy atom. The predicted molar refractivity (Wildman–Crippen MR) is 42.0 cm³/mol. The minimum Gasteiger partial charge on any atom is -0.242 e. The molecule has 0 spiro atoms. The van der Waals surface area contributed by atoms with Crippen LogP contribution in [0.15, 0.2) is 12.4 Å². The molecule has 2 nitrogen and oxygen atoms in total. The molecule has 3 heteroatoms. The molecule has 0 aliphatic heterocycles. The van der Waals surface area contributed by atoms with Gasteiger partial charge in [-0.25, -0.2) is 9.07 Å². The number of alkyl halides is 1. The van der Waals surface area contributed by atoms with Crippen LogP contribution < -0.4 is 0 Å². The molecule has 0 aliphatic rings. The van der Waals surface area contributed by atoms with Gasteiger partial charge in [0.25, 0.3) is 0 Å². The molecule has 1 aromatic rings. The highest BCUT2D eigenvalue weighted by atomic mass is 19.1. The Hall–Kier alpha value is -0.860. The minimum absolute atomic E-state index is 0.0629. The molecule has 1 aromatic heterocycles. The molecule has 0 radical (unpaired) electrons. The summed E-state index contributed by atoms with van der Waals surface area (Å²) in [7, 11) is 0. The topological polar surface area (TPSA) is 17.8 Å². The molecule has 0 aliphatic carbocycles. The van der Waals surface area contributed by atoms with Gasteiger partial charge >= 0.3 is 0 Å². The van der Waals surface area contributed by atoms with Crippen molar-refractivity contribution in [3.8, 4) is 0 Å². The van der Waals surface area contributed by atoms with Crippen LogP contribution in [0.25, 0.3) is 0 Å². The van der Waals surface area contributed by atoms with Crippen LogP contribution in [-0.2, 0) is 12.2 Å². The van der Waals surface area contributed by atoms with Gasteiger partial charge in [0.15, 0.2) is 6.80 Å². The summed E-state index contributed by atoms with van der Waals surface area (Å²) in [6.45, 7) is 5.68. The molecule has 0 fully saturated rings. The Morgan fingerprint density at radius 1 is 1.55 bits per heavy atom. The van der Waals surface area contributed by atoms with E-state index in [1.54, 1.807) is 12.4 Å². The fourth-order valence-electron chi connectivity index (χ4n) is 0.816. The van der Waals surface area contributed by atoms with Gasteiger partial charge in [0, 0.05) is 6.20 Å². The van der Waals surface area contributed by atoms with Crippen LogP contribution in [0.5, 0.6) is 0 Å². The molecule has 0 saturated carbocycles. The van der Waals surface area contributed by atoms with Gasteiger partial charge in [-0.2, -0.15) is 5.10 Å². The maximum Gasteiger partial charge on any atom is 0.181 e. The van der Waals surface area contributed by atoms with Crippen molar-refractivity contribution in [2.24, 2.45) is 0 Å². The average molecular weight is 156 g/mol. The summed E-state index contributed by atoms with van der Waals surface area (Å²) in [4.78, 5) is 0. The average Bonchev–Trinajstić information content (AvgIpc) is 2.32. The van der Waals surface area contributed by atoms with Gasteiger partial charge in [0.2, 0.25) is 0 Å². The lowest BCUT2D eigenvalue weighted by Crippen LogP contribution is -2.09. The molecule has 0 saturated heterocycles. The highest BCUT2D eigenvalue weighted by molar-refractivity contribution is 5.14. The van der Waals surface area contributed by atoms with E-state index in [4.69, 9.17) is 0 Å². The van der Waals surface area contributed by atoms with E-state index in [1.807, 2.05) is 0 Å². The van der Waals surface area contributed by atoms with Crippen molar-refractivity contribution in [1.82, 2.24) is 9.78 Å². The van der Waals surface area contributed by atoms with Crippen LogP contribution in [0, 0.1) is 0 Å². The lowest BCUT2D eigenvalue weighted by Gasteiger charge is -2.14. The summed E-state index contributed by atoms with van der Waals surface area (Å²) in [5, 5.41) is 3.84. The van der Waals surface area contributed by atoms with Crippen molar-refractivity contribution in [3.63, 3.8) is 0 Å². The quantitative estimate of drug-likeness (QED) is 0.609. The van der Waals surface area contributed by atoms with Crippen LogP contribution in [0.3, 0.4) is 0 Å². The summed E-state index contributed by atoms with van der Waals surface area (Å²) in [6, 6.07) is 0. The fourth-order valence-corrected chi connectivity index (χ4v) is 0.816. The summed E-state index contributed by atoms with van der Waals surface area (Å²) in [5.41, 5.74) is 1.13. The molecule has 62 valence electrons. The monoisotopic (exact) mass is 156 g/mol. The van der Waals surface area contributed by atoms with Gasteiger partial charge in [-0.3, -0.25) is 0 Å². The van der Waals surface area contributed by atoms with E-state index in [2.05, 4.69) is 25.9 Å². The van der Waals surface area contributed by atoms with E-state index in [-0.39, 0.29) is 5.41 Å². The summed E-state index contributed by atoms with van der Waals surface area (Å²) >= 11 is 0. The first-order valence-electron chi connectivity index (χ1n) is 3.63. The highest BCUT2D eigenvalue weighted by Gasteiger charge is 2.15. The van der Waals surface area contributed by atoms with Gasteiger partial charge in [-0.05, 0) is 11.0 Å². The van der Waals surface area contributed by atoms with E-state index in [1.165, 1.54) is 4.68 Å². The van der Waals surface area contributed by atoms with E-state index in [0.29, 0.717) is 0 Å². The lowest BCUT2D eigenvalue weighted by molar-refractivity contribution is 0.349. The summed E-state index contributed by atoms with van der Waals surface area (Å²) in [6.07, 6.45) is 3.44. The third-order valence-corrected chi connectivity index (χ3v) is 1.62. The first-order chi connectivity index (χ1) is 5.04. The van der Waals surface area contributed by atoms with Crippen molar-refractivity contribution >= 4 is 0 Å². The highest BCUT2D eigenvalue weighted by Crippen LogP contribution is 2.20. The molecule has 11 heavy (non-hydrogen) atoms. The molecule has 1 rings (SSSR count). The van der Waals surface area contributed by atoms with Crippen LogP contribution in [-0.4, -0.2) is 9.78 Å². The number of rotatable bonds is 1. The zero-order valence-electron chi connectivity index (χ0n) is 7.13. The SMILES string of the molecule is CC(C)(C)c1cnn(CF)c1. The Bertz CT molecular complexity index is 234. The zero-order chi connectivity index (χ0) is 8.48. The van der Waals surface area contributed by atoms with E-state index in [0.717, 1.165) is 5.56 Å². The number of aromatic nitrogens is 2. The molecule has 0 N–H and O–H groups in total. The third kappa shape index (κ3) is 1.79. The molecule has 0 atom stereocenters. The van der Waals surface area contributed by atoms with E-state index in [9.17, 15) is 4.39 Å². The fraction of sp³-hybridized carbons (Fsp3) is 0.625. The van der Waals surface area contributed by atoms with Crippen LogP contribution in [0.4, 0.5) is 4.39 Å². The second kappa shape index (κ2) is 2.64. The smallest absolute Gasteiger partial charge is 0.181 e. The number of halogens is 1. The van der Waals surface area contributed by atoms with Crippen LogP contribution in [0.2, 0.25) is 0 Å². The van der Waals surface area contributed by atoms with E-state index < -0.39 is 6.80 Å². The zero-order valence-corrected chi connectivity index (χ0v) is 7.13. The largest absolute Gasteiger partial charge is 0.242 e. The Morgan fingerprint density at radius 3 is 2.45 bits per heavy atom. The van der Waals surface area contributed by atoms with Gasteiger partial charge in [-0.15, -0.1) is 0 Å². The van der Waals surface area contributed by atoms with Gasteiger partial charge in [-0.1, -0.05) is 20.8 Å². The number of hydrogen-bond donors (Lipinski definition) is 0. The van der Waals surface area contributed by atoms with Gasteiger partial charge < -0.3 is 0 Å². The molecule has 0 bridgehead atoms. The molecule has 0 aromatic carbocycles. The molecule has 1 heterocycles. The first-order valence-corrected chi connectivity index (χ1v) is 3.63. The van der Waals surface area contributed by atoms with E-state index >= 15 is 0 Å². The van der Waals surface area contributed by atoms with Crippen molar-refractivity contribution in [3.05, 3.63) is 18.0 Å². The van der Waals surface area contributed by atoms with Gasteiger partial charge in [0.05, 0.1) is 6.20 Å². The third-order valence-electron chi connectivity index (χ3n) is 1.62. The second-order valence-corrected chi connectivity index (χ2v) is 3.64. The van der Waals surface area contributed by atoms with Gasteiger partial charge in [0.1, 0.15) is 0 Å². The maximum atomic E-state index is 12.0. The van der Waals surface area contributed by atoms with Crippen LogP contribution in [0.1, 0.15) is 26.3 Å². The summed E-state index contributed by atoms with van der Waals surface area (Å²) < 4.78 is 13.3. The Labute approximate surface area is 66.0 Å². The first kappa shape index (κ1) is 8.24. The van der Waals surface area contributed by atoms with Crippen molar-refractivity contribution in [1.29, 1.82) is 0 Å². The van der Waals surface area contributed by atoms with Crippen LogP contribution >= 0.6 is 0 Å². The lowest BCUT2D eigenvalue weighted by atomic mass is 9.90. The second-order valence-electron chi connectivity index (χ2n) is 3.64. The Balaban J connectivity index is 2.89. The molecular formula is C8H13FN2. The van der Waals surface area contributed by atoms with Crippen molar-refractivity contribution in [2.75, 3.05) is 0 Å². The molecular weight excluding hydrogens is 143 g/mol. The standard InChI is InChI=1S/C8H13FN2/c1-8(2,3)7-4-10-11(5-7)6-9/h4-5H,6H2,1-3H3. The van der Waals surface area contributed by atoms with Crippen molar-refractivity contribution < 1.29 is 4.39 Å². The molecule has 0 amide bonds. The maximum absolute atomic E-state index is 12.0. The normalized spacial score (nSPS) is 12.0. The van der Waals surface area contributed by atoms with Crippen molar-refractivity contribution in [2.45, 2.75) is 33.0 Å².